The number of aromatic nitrogens is 3. The second-order valence-electron chi connectivity index (χ2n) is 5.46. The van der Waals surface area contributed by atoms with Crippen LogP contribution in [0.3, 0.4) is 0 Å². The van der Waals surface area contributed by atoms with Crippen molar-refractivity contribution in [1.29, 1.82) is 0 Å². The molecule has 0 aliphatic heterocycles. The molecule has 0 bridgehead atoms. The summed E-state index contributed by atoms with van der Waals surface area (Å²) in [6.07, 6.45) is 3.66. The molecule has 0 saturated heterocycles. The van der Waals surface area contributed by atoms with Crippen LogP contribution in [0.25, 0.3) is 5.82 Å². The lowest BCUT2D eigenvalue weighted by Gasteiger charge is -2.07. The van der Waals surface area contributed by atoms with Crippen LogP contribution in [0.1, 0.15) is 28.5 Å². The largest absolute Gasteiger partial charge is 0.457 e. The first-order valence-corrected chi connectivity index (χ1v) is 7.99. The molecule has 0 aliphatic rings. The van der Waals surface area contributed by atoms with E-state index < -0.39 is 10.9 Å². The lowest BCUT2D eigenvalue weighted by Crippen LogP contribution is -2.10. The van der Waals surface area contributed by atoms with Crippen LogP contribution in [-0.2, 0) is 17.8 Å². The molecule has 1 aromatic carbocycles. The molecule has 0 unspecified atom stereocenters. The number of nitrogens with zero attached hydrogens (tertiary/aromatic N) is 4. The summed E-state index contributed by atoms with van der Waals surface area (Å²) in [6.45, 7) is 1.85. The molecule has 132 valence electrons. The van der Waals surface area contributed by atoms with E-state index in [1.165, 1.54) is 18.3 Å². The summed E-state index contributed by atoms with van der Waals surface area (Å²) in [7, 11) is 0. The van der Waals surface area contributed by atoms with Gasteiger partial charge in [0.15, 0.2) is 5.82 Å². The maximum absolute atomic E-state index is 12.4. The minimum Gasteiger partial charge on any atom is -0.457 e. The van der Waals surface area contributed by atoms with E-state index in [2.05, 4.69) is 10.1 Å². The normalized spacial score (nSPS) is 10.5. The van der Waals surface area contributed by atoms with Crippen molar-refractivity contribution in [3.8, 4) is 5.82 Å². The highest BCUT2D eigenvalue weighted by molar-refractivity contribution is 5.90. The van der Waals surface area contributed by atoms with Gasteiger partial charge in [-0.2, -0.15) is 5.10 Å². The van der Waals surface area contributed by atoms with Crippen molar-refractivity contribution in [3.63, 3.8) is 0 Å². The van der Waals surface area contributed by atoms with Gasteiger partial charge in [-0.25, -0.2) is 14.5 Å². The minimum absolute atomic E-state index is 0.0456. The molecule has 0 atom stereocenters. The van der Waals surface area contributed by atoms with Crippen LogP contribution in [0.2, 0.25) is 0 Å². The fraction of sp³-hybridized carbons (Fsp3) is 0.167. The number of carbonyl (C=O) groups is 1. The van der Waals surface area contributed by atoms with E-state index >= 15 is 0 Å². The number of ether oxygens (including phenoxy) is 1. The molecular formula is C18H16N4O4. The lowest BCUT2D eigenvalue weighted by atomic mass is 10.2. The maximum atomic E-state index is 12.4. The van der Waals surface area contributed by atoms with E-state index in [-0.39, 0.29) is 12.3 Å². The van der Waals surface area contributed by atoms with Gasteiger partial charge in [0.1, 0.15) is 12.2 Å². The lowest BCUT2D eigenvalue weighted by molar-refractivity contribution is -0.384. The van der Waals surface area contributed by atoms with Crippen molar-refractivity contribution < 1.29 is 14.5 Å². The van der Waals surface area contributed by atoms with Crippen molar-refractivity contribution in [2.45, 2.75) is 20.0 Å². The standard InChI is InChI=1S/C18H16N4O4/c1-2-16-15(11-20-21(16)17-8-3-4-9-19-17)18(23)26-12-13-6-5-7-14(10-13)22(24)25/h3-11H,2,12H2,1H3. The van der Waals surface area contributed by atoms with Crippen LogP contribution < -0.4 is 0 Å². The molecular weight excluding hydrogens is 336 g/mol. The number of nitro benzene ring substituents is 1. The first kappa shape index (κ1) is 17.3. The van der Waals surface area contributed by atoms with Crippen LogP contribution in [0.5, 0.6) is 0 Å². The molecule has 8 heteroatoms. The highest BCUT2D eigenvalue weighted by Gasteiger charge is 2.19. The van der Waals surface area contributed by atoms with Gasteiger partial charge >= 0.3 is 5.97 Å². The summed E-state index contributed by atoms with van der Waals surface area (Å²) in [4.78, 5) is 27.0. The van der Waals surface area contributed by atoms with E-state index in [0.717, 1.165) is 0 Å². The third kappa shape index (κ3) is 3.59. The second kappa shape index (κ2) is 7.56. The van der Waals surface area contributed by atoms with Gasteiger partial charge in [0, 0.05) is 18.3 Å². The number of hydrogen-bond acceptors (Lipinski definition) is 6. The Morgan fingerprint density at radius 2 is 2.12 bits per heavy atom. The van der Waals surface area contributed by atoms with Gasteiger partial charge in [0.25, 0.3) is 5.69 Å². The Bertz CT molecular complexity index is 937. The predicted molar refractivity (Wildman–Crippen MR) is 93.0 cm³/mol. The smallest absolute Gasteiger partial charge is 0.341 e. The molecule has 0 amide bonds. The Labute approximate surface area is 149 Å². The van der Waals surface area contributed by atoms with Crippen LogP contribution >= 0.6 is 0 Å². The molecule has 0 radical (unpaired) electrons. The van der Waals surface area contributed by atoms with E-state index in [1.807, 2.05) is 13.0 Å². The summed E-state index contributed by atoms with van der Waals surface area (Å²) in [6, 6.07) is 11.4. The number of non-ortho nitro benzene ring substituents is 1. The van der Waals surface area contributed by atoms with Crippen LogP contribution in [0, 0.1) is 10.1 Å². The molecule has 0 N–H and O–H groups in total. The zero-order chi connectivity index (χ0) is 18.5. The Hall–Kier alpha value is -3.55. The number of rotatable bonds is 6. The predicted octanol–water partition coefficient (Wildman–Crippen LogP) is 3.09. The molecule has 2 heterocycles. The second-order valence-corrected chi connectivity index (χ2v) is 5.46. The molecule has 0 spiro atoms. The highest BCUT2D eigenvalue weighted by Crippen LogP contribution is 2.17. The van der Waals surface area contributed by atoms with Crippen LogP contribution in [0.4, 0.5) is 5.69 Å². The van der Waals surface area contributed by atoms with Gasteiger partial charge in [-0.1, -0.05) is 25.1 Å². The van der Waals surface area contributed by atoms with Crippen molar-refractivity contribution in [2.75, 3.05) is 0 Å². The average molecular weight is 352 g/mol. The van der Waals surface area contributed by atoms with Gasteiger partial charge < -0.3 is 4.74 Å². The third-order valence-corrected chi connectivity index (χ3v) is 3.78. The summed E-state index contributed by atoms with van der Waals surface area (Å²) in [5, 5.41) is 15.0. The fourth-order valence-electron chi connectivity index (χ4n) is 2.55. The number of nitro groups is 1. The van der Waals surface area contributed by atoms with Gasteiger partial charge in [0.2, 0.25) is 0 Å². The van der Waals surface area contributed by atoms with E-state index in [0.29, 0.717) is 29.1 Å². The van der Waals surface area contributed by atoms with Crippen LogP contribution in [0.15, 0.2) is 54.9 Å². The monoisotopic (exact) mass is 352 g/mol. The quantitative estimate of drug-likeness (QED) is 0.384. The van der Waals surface area contributed by atoms with Crippen molar-refractivity contribution in [1.82, 2.24) is 14.8 Å². The first-order valence-electron chi connectivity index (χ1n) is 7.99. The van der Waals surface area contributed by atoms with Gasteiger partial charge in [-0.05, 0) is 24.1 Å². The number of esters is 1. The summed E-state index contributed by atoms with van der Waals surface area (Å²) >= 11 is 0. The Morgan fingerprint density at radius 1 is 1.27 bits per heavy atom. The molecule has 0 fully saturated rings. The SMILES string of the molecule is CCc1c(C(=O)OCc2cccc([N+](=O)[O-])c2)cnn1-c1ccccn1. The molecule has 0 saturated carbocycles. The van der Waals surface area contributed by atoms with Gasteiger partial charge in [0.05, 0.1) is 16.8 Å². The van der Waals surface area contributed by atoms with Gasteiger partial charge in [-0.15, -0.1) is 0 Å². The number of hydrogen-bond donors (Lipinski definition) is 0. The van der Waals surface area contributed by atoms with Crippen molar-refractivity contribution in [3.05, 3.63) is 81.8 Å². The summed E-state index contributed by atoms with van der Waals surface area (Å²) in [5.74, 6) is 0.0811. The molecule has 2 aromatic heterocycles. The number of pyridine rings is 1. The average Bonchev–Trinajstić information content (AvgIpc) is 3.11. The molecule has 3 rings (SSSR count). The molecule has 3 aromatic rings. The van der Waals surface area contributed by atoms with Crippen molar-refractivity contribution >= 4 is 11.7 Å². The summed E-state index contributed by atoms with van der Waals surface area (Å²) < 4.78 is 6.91. The Balaban J connectivity index is 1.77. The Kier molecular flexibility index (Phi) is 5.02. The van der Waals surface area contributed by atoms with E-state index in [9.17, 15) is 14.9 Å². The zero-order valence-electron chi connectivity index (χ0n) is 14.0. The van der Waals surface area contributed by atoms with E-state index in [4.69, 9.17) is 4.74 Å². The molecule has 8 nitrogen and oxygen atoms in total. The number of benzene rings is 1. The third-order valence-electron chi connectivity index (χ3n) is 3.78. The molecule has 0 aliphatic carbocycles. The maximum Gasteiger partial charge on any atom is 0.341 e. The highest BCUT2D eigenvalue weighted by atomic mass is 16.6. The van der Waals surface area contributed by atoms with Gasteiger partial charge in [-0.3, -0.25) is 10.1 Å². The van der Waals surface area contributed by atoms with Crippen LogP contribution in [-0.4, -0.2) is 25.7 Å². The Morgan fingerprint density at radius 3 is 2.81 bits per heavy atom. The zero-order valence-corrected chi connectivity index (χ0v) is 14.0. The fourth-order valence-corrected chi connectivity index (χ4v) is 2.55. The molecule has 26 heavy (non-hydrogen) atoms. The van der Waals surface area contributed by atoms with Crippen molar-refractivity contribution in [2.24, 2.45) is 0 Å². The topological polar surface area (TPSA) is 100 Å². The minimum atomic E-state index is -0.532. The van der Waals surface area contributed by atoms with E-state index in [1.54, 1.807) is 35.1 Å². The number of carbonyl (C=O) groups excluding carboxylic acids is 1. The first-order chi connectivity index (χ1) is 12.6. The summed E-state index contributed by atoms with van der Waals surface area (Å²) in [5.41, 5.74) is 1.54.